The molecule has 0 atom stereocenters. The minimum atomic E-state index is -3.72. The molecular weight excluding hydrogens is 352 g/mol. The lowest BCUT2D eigenvalue weighted by Crippen LogP contribution is -2.37. The number of ether oxygens (including phenoxy) is 1. The van der Waals surface area contributed by atoms with Gasteiger partial charge in [-0.05, 0) is 48.4 Å². The van der Waals surface area contributed by atoms with Crippen LogP contribution in [0, 0.1) is 0 Å². The number of carbonyl (C=O) groups excluding carboxylic acids is 1. The van der Waals surface area contributed by atoms with E-state index in [9.17, 15) is 13.2 Å². The normalized spacial score (nSPS) is 11.4. The molecule has 0 saturated carbocycles. The van der Waals surface area contributed by atoms with Crippen molar-refractivity contribution in [1.82, 2.24) is 4.31 Å². The molecule has 0 aromatic heterocycles. The van der Waals surface area contributed by atoms with E-state index >= 15 is 0 Å². The molecule has 0 aliphatic heterocycles. The van der Waals surface area contributed by atoms with Crippen molar-refractivity contribution >= 4 is 21.6 Å². The van der Waals surface area contributed by atoms with Crippen LogP contribution >= 0.6 is 0 Å². The smallest absolute Gasteiger partial charge is 0.243 e. The molecule has 0 spiro atoms. The van der Waals surface area contributed by atoms with E-state index in [1.807, 2.05) is 6.92 Å². The van der Waals surface area contributed by atoms with E-state index in [2.05, 4.69) is 5.32 Å². The first-order valence-electron chi connectivity index (χ1n) is 8.43. The summed E-state index contributed by atoms with van der Waals surface area (Å²) < 4.78 is 31.8. The van der Waals surface area contributed by atoms with Crippen molar-refractivity contribution in [3.8, 4) is 5.75 Å². The minimum absolute atomic E-state index is 0.189. The summed E-state index contributed by atoms with van der Waals surface area (Å²) in [6.07, 6.45) is 0.835. The van der Waals surface area contributed by atoms with Crippen LogP contribution in [0.3, 0.4) is 0 Å². The Morgan fingerprint density at radius 2 is 1.65 bits per heavy atom. The zero-order valence-corrected chi connectivity index (χ0v) is 16.0. The Kier molecular flexibility index (Phi) is 6.76. The Morgan fingerprint density at radius 3 is 2.15 bits per heavy atom. The Balaban J connectivity index is 2.09. The predicted molar refractivity (Wildman–Crippen MR) is 102 cm³/mol. The van der Waals surface area contributed by atoms with Gasteiger partial charge in [0, 0.05) is 12.2 Å². The lowest BCUT2D eigenvalue weighted by Gasteiger charge is -2.20. The molecule has 2 aromatic carbocycles. The summed E-state index contributed by atoms with van der Waals surface area (Å²) in [7, 11) is -2.16. The van der Waals surface area contributed by atoms with Crippen LogP contribution in [0.15, 0.2) is 53.4 Å². The molecule has 2 aromatic rings. The predicted octanol–water partition coefficient (Wildman–Crippen LogP) is 2.91. The number of nitrogens with one attached hydrogen (secondary N) is 1. The molecule has 0 aliphatic rings. The van der Waals surface area contributed by atoms with E-state index in [-0.39, 0.29) is 18.0 Å². The summed E-state index contributed by atoms with van der Waals surface area (Å²) >= 11 is 0. The molecule has 0 heterocycles. The third-order valence-corrected chi connectivity index (χ3v) is 5.95. The number of methoxy groups -OCH3 is 1. The fourth-order valence-corrected chi connectivity index (χ4v) is 3.85. The van der Waals surface area contributed by atoms with Crippen molar-refractivity contribution in [3.63, 3.8) is 0 Å². The maximum atomic E-state index is 12.8. The quantitative estimate of drug-likeness (QED) is 0.769. The van der Waals surface area contributed by atoms with Crippen molar-refractivity contribution in [2.45, 2.75) is 25.2 Å². The average molecular weight is 376 g/mol. The van der Waals surface area contributed by atoms with Gasteiger partial charge in [0.1, 0.15) is 5.75 Å². The standard InChI is InChI=1S/C19H24N2O4S/c1-4-15-6-12-18(13-7-15)26(23,24)21(5-2)14-19(22)20-16-8-10-17(25-3)11-9-16/h6-13H,4-5,14H2,1-3H3,(H,20,22). The molecule has 26 heavy (non-hydrogen) atoms. The first kappa shape index (κ1) is 19.9. The average Bonchev–Trinajstić information content (AvgIpc) is 2.66. The van der Waals surface area contributed by atoms with Crippen LogP contribution in [0.5, 0.6) is 5.75 Å². The highest BCUT2D eigenvalue weighted by Crippen LogP contribution is 2.18. The van der Waals surface area contributed by atoms with Crippen molar-refractivity contribution in [2.75, 3.05) is 25.5 Å². The summed E-state index contributed by atoms with van der Waals surface area (Å²) in [5.41, 5.74) is 1.64. The molecule has 0 aliphatic carbocycles. The van der Waals surface area contributed by atoms with Crippen LogP contribution in [0.4, 0.5) is 5.69 Å². The number of rotatable bonds is 8. The van der Waals surface area contributed by atoms with Gasteiger partial charge < -0.3 is 10.1 Å². The molecule has 7 heteroatoms. The van der Waals surface area contributed by atoms with E-state index in [0.717, 1.165) is 16.3 Å². The maximum absolute atomic E-state index is 12.8. The fourth-order valence-electron chi connectivity index (χ4n) is 2.45. The highest BCUT2D eigenvalue weighted by atomic mass is 32.2. The minimum Gasteiger partial charge on any atom is -0.497 e. The van der Waals surface area contributed by atoms with Crippen LogP contribution in [0.1, 0.15) is 19.4 Å². The number of aryl methyl sites for hydroxylation is 1. The van der Waals surface area contributed by atoms with Gasteiger partial charge in [0.05, 0.1) is 18.6 Å². The van der Waals surface area contributed by atoms with Gasteiger partial charge in [0.15, 0.2) is 0 Å². The Morgan fingerprint density at radius 1 is 1.04 bits per heavy atom. The van der Waals surface area contributed by atoms with E-state index in [1.165, 1.54) is 0 Å². The largest absolute Gasteiger partial charge is 0.497 e. The number of nitrogens with zero attached hydrogens (tertiary/aromatic N) is 1. The number of hydrogen-bond acceptors (Lipinski definition) is 4. The number of hydrogen-bond donors (Lipinski definition) is 1. The summed E-state index contributed by atoms with van der Waals surface area (Å²) in [5, 5.41) is 2.70. The van der Waals surface area contributed by atoms with E-state index < -0.39 is 15.9 Å². The SMILES string of the molecule is CCc1ccc(S(=O)(=O)N(CC)CC(=O)Nc2ccc(OC)cc2)cc1. The van der Waals surface area contributed by atoms with Gasteiger partial charge in [-0.3, -0.25) is 4.79 Å². The molecule has 0 unspecified atom stereocenters. The van der Waals surface area contributed by atoms with Crippen molar-refractivity contribution in [3.05, 3.63) is 54.1 Å². The summed E-state index contributed by atoms with van der Waals surface area (Å²) in [6, 6.07) is 13.6. The highest BCUT2D eigenvalue weighted by molar-refractivity contribution is 7.89. The molecule has 1 N–H and O–H groups in total. The van der Waals surface area contributed by atoms with Gasteiger partial charge in [-0.25, -0.2) is 8.42 Å². The number of benzene rings is 2. The summed E-state index contributed by atoms with van der Waals surface area (Å²) in [4.78, 5) is 12.5. The molecule has 0 radical (unpaired) electrons. The first-order valence-corrected chi connectivity index (χ1v) is 9.87. The van der Waals surface area contributed by atoms with Crippen LogP contribution in [-0.2, 0) is 21.2 Å². The molecule has 1 amide bonds. The second kappa shape index (κ2) is 8.82. The van der Waals surface area contributed by atoms with Gasteiger partial charge in [0.2, 0.25) is 15.9 Å². The summed E-state index contributed by atoms with van der Waals surface area (Å²) in [5.74, 6) is 0.280. The van der Waals surface area contributed by atoms with Crippen molar-refractivity contribution in [2.24, 2.45) is 0 Å². The third kappa shape index (κ3) is 4.83. The Hall–Kier alpha value is -2.38. The monoisotopic (exact) mass is 376 g/mol. The number of anilines is 1. The number of carbonyl (C=O) groups is 1. The Labute approximate surface area is 154 Å². The maximum Gasteiger partial charge on any atom is 0.243 e. The van der Waals surface area contributed by atoms with Crippen LogP contribution < -0.4 is 10.1 Å². The van der Waals surface area contributed by atoms with E-state index in [0.29, 0.717) is 11.4 Å². The van der Waals surface area contributed by atoms with Crippen LogP contribution in [-0.4, -0.2) is 38.8 Å². The van der Waals surface area contributed by atoms with Crippen LogP contribution in [0.2, 0.25) is 0 Å². The van der Waals surface area contributed by atoms with Crippen LogP contribution in [0.25, 0.3) is 0 Å². The van der Waals surface area contributed by atoms with E-state index in [1.54, 1.807) is 62.6 Å². The van der Waals surface area contributed by atoms with Gasteiger partial charge in [0.25, 0.3) is 0 Å². The second-order valence-electron chi connectivity index (χ2n) is 5.71. The fraction of sp³-hybridized carbons (Fsp3) is 0.316. The molecule has 2 rings (SSSR count). The third-order valence-electron chi connectivity index (χ3n) is 4.02. The highest BCUT2D eigenvalue weighted by Gasteiger charge is 2.25. The van der Waals surface area contributed by atoms with Gasteiger partial charge >= 0.3 is 0 Å². The molecule has 0 saturated heterocycles. The zero-order chi connectivity index (χ0) is 19.2. The zero-order valence-electron chi connectivity index (χ0n) is 15.2. The topological polar surface area (TPSA) is 75.7 Å². The van der Waals surface area contributed by atoms with Crippen molar-refractivity contribution < 1.29 is 17.9 Å². The van der Waals surface area contributed by atoms with Gasteiger partial charge in [-0.1, -0.05) is 26.0 Å². The van der Waals surface area contributed by atoms with Gasteiger partial charge in [-0.2, -0.15) is 4.31 Å². The molecule has 0 bridgehead atoms. The molecule has 140 valence electrons. The first-order chi connectivity index (χ1) is 12.4. The lowest BCUT2D eigenvalue weighted by molar-refractivity contribution is -0.116. The Bertz CT molecular complexity index is 831. The molecule has 6 nitrogen and oxygen atoms in total. The molecular formula is C19H24N2O4S. The number of amides is 1. The van der Waals surface area contributed by atoms with E-state index in [4.69, 9.17) is 4.74 Å². The van der Waals surface area contributed by atoms with Gasteiger partial charge in [-0.15, -0.1) is 0 Å². The number of sulfonamides is 1. The lowest BCUT2D eigenvalue weighted by atomic mass is 10.2. The number of likely N-dealkylation sites (N-methyl/N-ethyl adjacent to an activating group) is 1. The molecule has 0 fully saturated rings. The second-order valence-corrected chi connectivity index (χ2v) is 7.64. The summed E-state index contributed by atoms with van der Waals surface area (Å²) in [6.45, 7) is 3.66. The van der Waals surface area contributed by atoms with Crippen molar-refractivity contribution in [1.29, 1.82) is 0 Å².